The Balaban J connectivity index is 1.41. The van der Waals surface area contributed by atoms with Crippen LogP contribution in [0.25, 0.3) is 0 Å². The van der Waals surface area contributed by atoms with Crippen molar-refractivity contribution in [2.24, 2.45) is 0 Å². The van der Waals surface area contributed by atoms with Crippen molar-refractivity contribution in [3.05, 3.63) is 32.5 Å². The van der Waals surface area contributed by atoms with Crippen molar-refractivity contribution in [2.75, 3.05) is 6.54 Å². The number of rotatable bonds is 6. The number of aromatic nitrogens is 3. The summed E-state index contributed by atoms with van der Waals surface area (Å²) in [5.41, 5.74) is 4.69. The van der Waals surface area contributed by atoms with Gasteiger partial charge in [-0.25, -0.2) is 4.98 Å². The lowest BCUT2D eigenvalue weighted by Crippen LogP contribution is -2.26. The quantitative estimate of drug-likeness (QED) is 0.884. The van der Waals surface area contributed by atoms with E-state index in [0.29, 0.717) is 19.5 Å². The third-order valence-corrected chi connectivity index (χ3v) is 5.81. The topological polar surface area (TPSA) is 59.8 Å². The van der Waals surface area contributed by atoms with Crippen molar-refractivity contribution >= 4 is 17.2 Å². The van der Waals surface area contributed by atoms with E-state index in [4.69, 9.17) is 0 Å². The van der Waals surface area contributed by atoms with Crippen LogP contribution in [0.1, 0.15) is 45.4 Å². The summed E-state index contributed by atoms with van der Waals surface area (Å²) in [5, 5.41) is 8.62. The first-order chi connectivity index (χ1) is 11.0. The first-order valence-corrected chi connectivity index (χ1v) is 9.11. The molecule has 1 aliphatic rings. The predicted molar refractivity (Wildman–Crippen MR) is 91.9 cm³/mol. The molecule has 2 aromatic heterocycles. The van der Waals surface area contributed by atoms with E-state index >= 15 is 0 Å². The molecule has 3 rings (SSSR count). The van der Waals surface area contributed by atoms with E-state index in [1.165, 1.54) is 29.0 Å². The Bertz CT molecular complexity index is 695. The standard InChI is InChI=1S/C17H24N4OS/c1-11-12(2)20-21(13(11)3)10-8-16(22)18-9-7-17-19-14-5-4-6-15(14)23-17/h4-10H2,1-3H3,(H,18,22). The van der Waals surface area contributed by atoms with Crippen LogP contribution in [0.4, 0.5) is 0 Å². The Labute approximate surface area is 141 Å². The maximum Gasteiger partial charge on any atom is 0.221 e. The molecular weight excluding hydrogens is 308 g/mol. The number of thiazole rings is 1. The van der Waals surface area contributed by atoms with Crippen molar-refractivity contribution in [1.82, 2.24) is 20.1 Å². The van der Waals surface area contributed by atoms with E-state index in [-0.39, 0.29) is 5.91 Å². The number of amides is 1. The minimum absolute atomic E-state index is 0.0827. The molecule has 0 aliphatic heterocycles. The van der Waals surface area contributed by atoms with Crippen LogP contribution < -0.4 is 5.32 Å². The number of hydrogen-bond donors (Lipinski definition) is 1. The normalized spacial score (nSPS) is 13.3. The summed E-state index contributed by atoms with van der Waals surface area (Å²) in [6, 6.07) is 0. The third kappa shape index (κ3) is 3.63. The van der Waals surface area contributed by atoms with Gasteiger partial charge in [-0.15, -0.1) is 11.3 Å². The van der Waals surface area contributed by atoms with Gasteiger partial charge in [0.1, 0.15) is 0 Å². The Kier molecular flexibility index (Phi) is 4.80. The van der Waals surface area contributed by atoms with Gasteiger partial charge in [0.05, 0.1) is 16.4 Å². The van der Waals surface area contributed by atoms with Crippen molar-refractivity contribution in [3.63, 3.8) is 0 Å². The van der Waals surface area contributed by atoms with E-state index in [2.05, 4.69) is 29.2 Å². The van der Waals surface area contributed by atoms with E-state index < -0.39 is 0 Å². The molecule has 2 heterocycles. The van der Waals surface area contributed by atoms with Crippen LogP contribution in [-0.4, -0.2) is 27.2 Å². The molecule has 23 heavy (non-hydrogen) atoms. The van der Waals surface area contributed by atoms with Crippen molar-refractivity contribution in [2.45, 2.75) is 59.4 Å². The van der Waals surface area contributed by atoms with Gasteiger partial charge in [-0.1, -0.05) is 0 Å². The van der Waals surface area contributed by atoms with Crippen LogP contribution >= 0.6 is 11.3 Å². The molecule has 0 saturated heterocycles. The fourth-order valence-corrected chi connectivity index (χ4v) is 4.12. The minimum atomic E-state index is 0.0827. The monoisotopic (exact) mass is 332 g/mol. The molecule has 1 aliphatic carbocycles. The molecule has 0 aromatic carbocycles. The second-order valence-corrected chi connectivity index (χ2v) is 7.37. The number of carbonyl (C=O) groups is 1. The van der Waals surface area contributed by atoms with Crippen LogP contribution in [0.5, 0.6) is 0 Å². The molecule has 1 amide bonds. The zero-order valence-corrected chi connectivity index (χ0v) is 14.9. The molecule has 6 heteroatoms. The van der Waals surface area contributed by atoms with E-state index in [1.54, 1.807) is 0 Å². The molecule has 0 unspecified atom stereocenters. The number of aryl methyl sites for hydroxylation is 4. The van der Waals surface area contributed by atoms with Crippen molar-refractivity contribution in [1.29, 1.82) is 0 Å². The molecule has 0 bridgehead atoms. The Morgan fingerprint density at radius 1 is 1.30 bits per heavy atom. The second kappa shape index (κ2) is 6.83. The van der Waals surface area contributed by atoms with E-state index in [1.807, 2.05) is 22.9 Å². The van der Waals surface area contributed by atoms with E-state index in [9.17, 15) is 4.79 Å². The lowest BCUT2D eigenvalue weighted by Gasteiger charge is -2.06. The highest BCUT2D eigenvalue weighted by molar-refractivity contribution is 7.11. The van der Waals surface area contributed by atoms with E-state index in [0.717, 1.165) is 29.2 Å². The summed E-state index contributed by atoms with van der Waals surface area (Å²) in [6.45, 7) is 7.43. The molecule has 0 saturated carbocycles. The highest BCUT2D eigenvalue weighted by atomic mass is 32.1. The summed E-state index contributed by atoms with van der Waals surface area (Å²) in [4.78, 5) is 18.1. The van der Waals surface area contributed by atoms with Crippen LogP contribution in [0.3, 0.4) is 0 Å². The molecule has 124 valence electrons. The van der Waals surface area contributed by atoms with Gasteiger partial charge < -0.3 is 5.32 Å². The van der Waals surface area contributed by atoms with Gasteiger partial charge >= 0.3 is 0 Å². The summed E-state index contributed by atoms with van der Waals surface area (Å²) in [5.74, 6) is 0.0827. The number of nitrogens with zero attached hydrogens (tertiary/aromatic N) is 3. The highest BCUT2D eigenvalue weighted by Crippen LogP contribution is 2.27. The number of hydrogen-bond acceptors (Lipinski definition) is 4. The number of fused-ring (bicyclic) bond motifs is 1. The summed E-state index contributed by atoms with van der Waals surface area (Å²) >= 11 is 1.81. The Hall–Kier alpha value is -1.69. The van der Waals surface area contributed by atoms with Gasteiger partial charge in [0.25, 0.3) is 0 Å². The SMILES string of the molecule is Cc1nn(CCC(=O)NCCc2nc3c(s2)CCC3)c(C)c1C. The maximum absolute atomic E-state index is 12.0. The largest absolute Gasteiger partial charge is 0.356 e. The Morgan fingerprint density at radius 2 is 2.13 bits per heavy atom. The van der Waals surface area contributed by atoms with Gasteiger partial charge in [0.2, 0.25) is 5.91 Å². The first-order valence-electron chi connectivity index (χ1n) is 8.29. The van der Waals surface area contributed by atoms with Crippen molar-refractivity contribution in [3.8, 4) is 0 Å². The first kappa shape index (κ1) is 16.2. The van der Waals surface area contributed by atoms with Gasteiger partial charge in [-0.2, -0.15) is 5.10 Å². The highest BCUT2D eigenvalue weighted by Gasteiger charge is 2.16. The fourth-order valence-electron chi connectivity index (χ4n) is 2.96. The molecule has 5 nitrogen and oxygen atoms in total. The molecule has 0 spiro atoms. The molecule has 0 radical (unpaired) electrons. The third-order valence-electron chi connectivity index (χ3n) is 4.59. The van der Waals surface area contributed by atoms with Crippen LogP contribution in [0.15, 0.2) is 0 Å². The van der Waals surface area contributed by atoms with Crippen LogP contribution in [-0.2, 0) is 30.6 Å². The maximum atomic E-state index is 12.0. The lowest BCUT2D eigenvalue weighted by molar-refractivity contribution is -0.121. The zero-order valence-electron chi connectivity index (χ0n) is 14.1. The Morgan fingerprint density at radius 3 is 2.83 bits per heavy atom. The van der Waals surface area contributed by atoms with Gasteiger partial charge in [-0.3, -0.25) is 9.48 Å². The molecule has 0 atom stereocenters. The fraction of sp³-hybridized carbons (Fsp3) is 0.588. The molecule has 1 N–H and O–H groups in total. The van der Waals surface area contributed by atoms with Crippen molar-refractivity contribution < 1.29 is 4.79 Å². The summed E-state index contributed by atoms with van der Waals surface area (Å²) in [6.07, 6.45) is 4.86. The molecule has 0 fully saturated rings. The summed E-state index contributed by atoms with van der Waals surface area (Å²) < 4.78 is 1.93. The zero-order chi connectivity index (χ0) is 16.4. The summed E-state index contributed by atoms with van der Waals surface area (Å²) in [7, 11) is 0. The molecular formula is C17H24N4OS. The second-order valence-electron chi connectivity index (χ2n) is 6.20. The number of carbonyl (C=O) groups excluding carboxylic acids is 1. The van der Waals surface area contributed by atoms with Gasteiger partial charge in [0.15, 0.2) is 0 Å². The average Bonchev–Trinajstić information content (AvgIpc) is 3.16. The van der Waals surface area contributed by atoms with Gasteiger partial charge in [-0.05, 0) is 45.6 Å². The smallest absolute Gasteiger partial charge is 0.221 e. The predicted octanol–water partition coefficient (Wildman–Crippen LogP) is 2.50. The number of nitrogens with one attached hydrogen (secondary N) is 1. The van der Waals surface area contributed by atoms with Crippen LogP contribution in [0, 0.1) is 20.8 Å². The average molecular weight is 332 g/mol. The minimum Gasteiger partial charge on any atom is -0.356 e. The van der Waals surface area contributed by atoms with Gasteiger partial charge in [0, 0.05) is 36.5 Å². The molecule has 2 aromatic rings. The van der Waals surface area contributed by atoms with Crippen LogP contribution in [0.2, 0.25) is 0 Å². The lowest BCUT2D eigenvalue weighted by atomic mass is 10.2.